The van der Waals surface area contributed by atoms with Gasteiger partial charge in [0.05, 0.1) is 20.3 Å². The van der Waals surface area contributed by atoms with Crippen LogP contribution < -0.4 is 20.1 Å². The smallest absolute Gasteiger partial charge is 0.195 e. The first-order valence-electron chi connectivity index (χ1n) is 9.11. The quantitative estimate of drug-likeness (QED) is 0.531. The van der Waals surface area contributed by atoms with Crippen molar-refractivity contribution in [3.05, 3.63) is 18.2 Å². The predicted octanol–water partition coefficient (Wildman–Crippen LogP) is 2.81. The molecule has 0 amide bonds. The third-order valence-corrected chi connectivity index (χ3v) is 4.34. The second kappa shape index (κ2) is 9.51. The summed E-state index contributed by atoms with van der Waals surface area (Å²) in [6.07, 6.45) is 2.64. The van der Waals surface area contributed by atoms with E-state index in [0.717, 1.165) is 42.2 Å². The van der Waals surface area contributed by atoms with E-state index in [-0.39, 0.29) is 0 Å². The Morgan fingerprint density at radius 2 is 2.04 bits per heavy atom. The number of nitrogens with zero attached hydrogens (tertiary/aromatic N) is 2. The van der Waals surface area contributed by atoms with Crippen LogP contribution >= 0.6 is 0 Å². The van der Waals surface area contributed by atoms with Crippen LogP contribution in [0, 0.1) is 5.92 Å². The van der Waals surface area contributed by atoms with Gasteiger partial charge in [-0.3, -0.25) is 4.99 Å². The van der Waals surface area contributed by atoms with Gasteiger partial charge in [-0.15, -0.1) is 0 Å². The zero-order valence-electron chi connectivity index (χ0n) is 16.1. The molecule has 1 saturated carbocycles. The van der Waals surface area contributed by atoms with E-state index < -0.39 is 0 Å². The number of aliphatic imine (C=N–C) groups is 1. The lowest BCUT2D eigenvalue weighted by Gasteiger charge is -2.23. The van der Waals surface area contributed by atoms with Gasteiger partial charge >= 0.3 is 0 Å². The molecule has 1 aliphatic carbocycles. The number of nitrogens with one attached hydrogen (secondary N) is 2. The van der Waals surface area contributed by atoms with Gasteiger partial charge in [0.15, 0.2) is 17.5 Å². The van der Waals surface area contributed by atoms with Gasteiger partial charge in [-0.1, -0.05) is 0 Å². The Balaban J connectivity index is 2.09. The molecule has 0 radical (unpaired) electrons. The molecule has 1 fully saturated rings. The van der Waals surface area contributed by atoms with Crippen LogP contribution in [0.5, 0.6) is 11.5 Å². The van der Waals surface area contributed by atoms with Crippen molar-refractivity contribution in [2.45, 2.75) is 32.7 Å². The lowest BCUT2D eigenvalue weighted by Crippen LogP contribution is -2.36. The number of likely N-dealkylation sites (N-methyl/N-ethyl adjacent to an activating group) is 1. The summed E-state index contributed by atoms with van der Waals surface area (Å²) in [5, 5.41) is 6.68. The monoisotopic (exact) mass is 348 g/mol. The first kappa shape index (κ1) is 19.4. The highest BCUT2D eigenvalue weighted by Gasteiger charge is 2.32. The Bertz CT molecular complexity index is 569. The fourth-order valence-electron chi connectivity index (χ4n) is 2.87. The van der Waals surface area contributed by atoms with Crippen molar-refractivity contribution in [3.8, 4) is 11.5 Å². The average molecular weight is 348 g/mol. The Hall–Kier alpha value is -1.95. The normalized spacial score (nSPS) is 15.8. The Morgan fingerprint density at radius 1 is 1.28 bits per heavy atom. The number of rotatable bonds is 9. The lowest BCUT2D eigenvalue weighted by molar-refractivity contribution is 0.271. The van der Waals surface area contributed by atoms with Crippen LogP contribution in [-0.2, 0) is 0 Å². The van der Waals surface area contributed by atoms with Crippen molar-refractivity contribution in [1.29, 1.82) is 0 Å². The maximum absolute atomic E-state index is 5.65. The molecule has 0 aliphatic heterocycles. The fraction of sp³-hybridized carbons (Fsp3) is 0.632. The minimum Gasteiger partial charge on any atom is -0.493 e. The summed E-state index contributed by atoms with van der Waals surface area (Å²) in [6, 6.07) is 6.33. The molecule has 2 rings (SSSR count). The summed E-state index contributed by atoms with van der Waals surface area (Å²) in [6.45, 7) is 6.24. The number of methoxy groups -OCH3 is 1. The number of benzene rings is 1. The van der Waals surface area contributed by atoms with Gasteiger partial charge in [0.1, 0.15) is 0 Å². The number of anilines is 1. The fourth-order valence-corrected chi connectivity index (χ4v) is 2.87. The Labute approximate surface area is 151 Å². The molecule has 0 spiro atoms. The number of hydrogen-bond acceptors (Lipinski definition) is 4. The largest absolute Gasteiger partial charge is 0.493 e. The second-order valence-electron chi connectivity index (χ2n) is 6.51. The van der Waals surface area contributed by atoms with E-state index in [4.69, 9.17) is 14.5 Å². The molecule has 2 N–H and O–H groups in total. The van der Waals surface area contributed by atoms with E-state index in [1.165, 1.54) is 12.8 Å². The number of guanidine groups is 1. The van der Waals surface area contributed by atoms with Gasteiger partial charge in [-0.2, -0.15) is 0 Å². The van der Waals surface area contributed by atoms with Crippen molar-refractivity contribution < 1.29 is 9.47 Å². The van der Waals surface area contributed by atoms with Crippen LogP contribution in [0.15, 0.2) is 23.2 Å². The summed E-state index contributed by atoms with van der Waals surface area (Å²) >= 11 is 0. The molecule has 1 atom stereocenters. The highest BCUT2D eigenvalue weighted by Crippen LogP contribution is 2.34. The maximum Gasteiger partial charge on any atom is 0.195 e. The van der Waals surface area contributed by atoms with E-state index in [0.29, 0.717) is 12.6 Å². The van der Waals surface area contributed by atoms with Gasteiger partial charge in [-0.25, -0.2) is 0 Å². The first-order valence-corrected chi connectivity index (χ1v) is 9.11. The van der Waals surface area contributed by atoms with Crippen molar-refractivity contribution in [3.63, 3.8) is 0 Å². The van der Waals surface area contributed by atoms with Crippen LogP contribution in [0.3, 0.4) is 0 Å². The Kier molecular flexibility index (Phi) is 7.37. The molecule has 0 heterocycles. The zero-order chi connectivity index (χ0) is 18.2. The van der Waals surface area contributed by atoms with Crippen LogP contribution in [0.2, 0.25) is 0 Å². The van der Waals surface area contributed by atoms with Crippen LogP contribution in [0.25, 0.3) is 0 Å². The SMILES string of the molecule is CCNC(=NCC(C1CC1)N(C)C)Nc1ccc(OC)c(OCC)c1. The highest BCUT2D eigenvalue weighted by atomic mass is 16.5. The molecule has 0 saturated heterocycles. The van der Waals surface area contributed by atoms with Crippen LogP contribution in [0.1, 0.15) is 26.7 Å². The van der Waals surface area contributed by atoms with Crippen molar-refractivity contribution >= 4 is 11.6 Å². The number of hydrogen-bond donors (Lipinski definition) is 2. The molecule has 1 unspecified atom stereocenters. The van der Waals surface area contributed by atoms with E-state index in [9.17, 15) is 0 Å². The minimum absolute atomic E-state index is 0.505. The molecule has 6 heteroatoms. The first-order chi connectivity index (χ1) is 12.1. The van der Waals surface area contributed by atoms with Gasteiger partial charge in [0.2, 0.25) is 0 Å². The molecule has 0 aromatic heterocycles. The zero-order valence-corrected chi connectivity index (χ0v) is 16.1. The maximum atomic E-state index is 5.65. The molecular formula is C19H32N4O2. The molecule has 6 nitrogen and oxygen atoms in total. The van der Waals surface area contributed by atoms with Crippen molar-refractivity contribution in [2.75, 3.05) is 46.2 Å². The van der Waals surface area contributed by atoms with Crippen molar-refractivity contribution in [2.24, 2.45) is 10.9 Å². The van der Waals surface area contributed by atoms with E-state index in [2.05, 4.69) is 36.6 Å². The molecule has 1 aliphatic rings. The Morgan fingerprint density at radius 3 is 2.60 bits per heavy atom. The average Bonchev–Trinajstić information content (AvgIpc) is 3.40. The van der Waals surface area contributed by atoms with Gasteiger partial charge in [-0.05, 0) is 58.8 Å². The predicted molar refractivity (Wildman–Crippen MR) is 104 cm³/mol. The van der Waals surface area contributed by atoms with Gasteiger partial charge < -0.3 is 25.0 Å². The summed E-state index contributed by atoms with van der Waals surface area (Å²) in [5.74, 6) is 3.04. The van der Waals surface area contributed by atoms with E-state index in [1.54, 1.807) is 7.11 Å². The second-order valence-corrected chi connectivity index (χ2v) is 6.51. The molecule has 1 aromatic rings. The lowest BCUT2D eigenvalue weighted by atomic mass is 10.2. The van der Waals surface area contributed by atoms with E-state index >= 15 is 0 Å². The third-order valence-electron chi connectivity index (χ3n) is 4.34. The number of ether oxygens (including phenoxy) is 2. The minimum atomic E-state index is 0.505. The molecule has 25 heavy (non-hydrogen) atoms. The summed E-state index contributed by atoms with van der Waals surface area (Å²) in [5.41, 5.74) is 0.928. The molecular weight excluding hydrogens is 316 g/mol. The standard InChI is InChI=1S/C19H32N4O2/c1-6-20-19(21-13-16(23(3)4)14-8-9-14)22-15-10-11-17(24-5)18(12-15)25-7-2/h10-12,14,16H,6-9,13H2,1-5H3,(H2,20,21,22). The third kappa shape index (κ3) is 5.81. The summed E-state index contributed by atoms with van der Waals surface area (Å²) < 4.78 is 11.0. The van der Waals surface area contributed by atoms with Crippen LogP contribution in [0.4, 0.5) is 5.69 Å². The van der Waals surface area contributed by atoms with Crippen LogP contribution in [-0.4, -0.2) is 57.8 Å². The van der Waals surface area contributed by atoms with Crippen molar-refractivity contribution in [1.82, 2.24) is 10.2 Å². The van der Waals surface area contributed by atoms with E-state index in [1.807, 2.05) is 25.1 Å². The summed E-state index contributed by atoms with van der Waals surface area (Å²) in [7, 11) is 5.92. The molecule has 140 valence electrons. The highest BCUT2D eigenvalue weighted by molar-refractivity contribution is 5.93. The summed E-state index contributed by atoms with van der Waals surface area (Å²) in [4.78, 5) is 7.07. The molecule has 0 bridgehead atoms. The topological polar surface area (TPSA) is 58.1 Å². The van der Waals surface area contributed by atoms with Gasteiger partial charge in [0, 0.05) is 24.3 Å². The van der Waals surface area contributed by atoms with Gasteiger partial charge in [0.25, 0.3) is 0 Å². The molecule has 1 aromatic carbocycles.